The standard InChI is InChI=1S/C21H25N5O/c1-15(2)18-13-20(26-19(24-18)9-10-23-26)22-14-16-5-7-17(8-6-16)21(27)25-11-3-4-12-25/h5-10,13,15,22H,3-4,11-12,14H2,1-2H3. The summed E-state index contributed by atoms with van der Waals surface area (Å²) in [6, 6.07) is 11.8. The molecule has 3 aromatic rings. The van der Waals surface area contributed by atoms with E-state index in [0.717, 1.165) is 54.2 Å². The fourth-order valence-corrected chi connectivity index (χ4v) is 3.41. The molecule has 1 aliphatic rings. The predicted molar refractivity (Wildman–Crippen MR) is 106 cm³/mol. The molecule has 1 aliphatic heterocycles. The fraction of sp³-hybridized carbons (Fsp3) is 0.381. The molecule has 27 heavy (non-hydrogen) atoms. The van der Waals surface area contributed by atoms with Gasteiger partial charge in [0, 0.05) is 43.0 Å². The molecule has 0 spiro atoms. The summed E-state index contributed by atoms with van der Waals surface area (Å²) in [6.45, 7) is 6.68. The highest BCUT2D eigenvalue weighted by molar-refractivity contribution is 5.94. The van der Waals surface area contributed by atoms with E-state index in [4.69, 9.17) is 0 Å². The molecule has 0 saturated carbocycles. The van der Waals surface area contributed by atoms with E-state index in [9.17, 15) is 4.79 Å². The Hall–Kier alpha value is -2.89. The van der Waals surface area contributed by atoms with Crippen molar-refractivity contribution in [3.63, 3.8) is 0 Å². The molecule has 0 atom stereocenters. The van der Waals surface area contributed by atoms with Gasteiger partial charge in [0.05, 0.1) is 6.20 Å². The molecule has 1 N–H and O–H groups in total. The molecule has 1 saturated heterocycles. The van der Waals surface area contributed by atoms with Crippen molar-refractivity contribution >= 4 is 17.4 Å². The van der Waals surface area contributed by atoms with Gasteiger partial charge in [-0.25, -0.2) is 4.98 Å². The first-order valence-corrected chi connectivity index (χ1v) is 9.58. The first kappa shape index (κ1) is 17.5. The Morgan fingerprint density at radius 2 is 1.89 bits per heavy atom. The van der Waals surface area contributed by atoms with E-state index in [1.807, 2.05) is 39.7 Å². The number of nitrogens with one attached hydrogen (secondary N) is 1. The lowest BCUT2D eigenvalue weighted by molar-refractivity contribution is 0.0793. The topological polar surface area (TPSA) is 62.5 Å². The van der Waals surface area contributed by atoms with Crippen molar-refractivity contribution < 1.29 is 4.79 Å². The number of nitrogens with zero attached hydrogens (tertiary/aromatic N) is 4. The average Bonchev–Trinajstić information content (AvgIpc) is 3.37. The zero-order valence-electron chi connectivity index (χ0n) is 15.9. The van der Waals surface area contributed by atoms with Crippen LogP contribution in [0.4, 0.5) is 5.82 Å². The monoisotopic (exact) mass is 363 g/mol. The maximum absolute atomic E-state index is 12.4. The molecule has 2 aromatic heterocycles. The zero-order valence-corrected chi connectivity index (χ0v) is 15.9. The molecule has 140 valence electrons. The Balaban J connectivity index is 1.48. The van der Waals surface area contributed by atoms with Gasteiger partial charge in [0.1, 0.15) is 5.82 Å². The van der Waals surface area contributed by atoms with E-state index in [1.54, 1.807) is 6.20 Å². The van der Waals surface area contributed by atoms with E-state index in [0.29, 0.717) is 12.5 Å². The van der Waals surface area contributed by atoms with Crippen LogP contribution in [-0.4, -0.2) is 38.5 Å². The summed E-state index contributed by atoms with van der Waals surface area (Å²) in [4.78, 5) is 19.0. The molecule has 0 radical (unpaired) electrons. The molecule has 6 heteroatoms. The minimum Gasteiger partial charge on any atom is -0.366 e. The van der Waals surface area contributed by atoms with Crippen molar-refractivity contribution in [3.8, 4) is 0 Å². The van der Waals surface area contributed by atoms with Gasteiger partial charge in [-0.2, -0.15) is 9.61 Å². The van der Waals surface area contributed by atoms with Gasteiger partial charge in [0.15, 0.2) is 5.65 Å². The maximum atomic E-state index is 12.4. The van der Waals surface area contributed by atoms with Crippen molar-refractivity contribution in [2.75, 3.05) is 18.4 Å². The second-order valence-corrected chi connectivity index (χ2v) is 7.37. The van der Waals surface area contributed by atoms with Crippen molar-refractivity contribution in [1.29, 1.82) is 0 Å². The summed E-state index contributed by atoms with van der Waals surface area (Å²) < 4.78 is 1.82. The molecular formula is C21H25N5O. The lowest BCUT2D eigenvalue weighted by Gasteiger charge is -2.15. The number of anilines is 1. The van der Waals surface area contributed by atoms with Crippen LogP contribution in [0.25, 0.3) is 5.65 Å². The van der Waals surface area contributed by atoms with Gasteiger partial charge < -0.3 is 10.2 Å². The fourth-order valence-electron chi connectivity index (χ4n) is 3.41. The molecule has 3 heterocycles. The largest absolute Gasteiger partial charge is 0.366 e. The highest BCUT2D eigenvalue weighted by atomic mass is 16.2. The van der Waals surface area contributed by atoms with Crippen LogP contribution in [0.2, 0.25) is 0 Å². The number of rotatable bonds is 5. The molecule has 0 bridgehead atoms. The first-order valence-electron chi connectivity index (χ1n) is 9.58. The first-order chi connectivity index (χ1) is 13.1. The number of benzene rings is 1. The summed E-state index contributed by atoms with van der Waals surface area (Å²) in [5.74, 6) is 1.41. The summed E-state index contributed by atoms with van der Waals surface area (Å²) in [5, 5.41) is 7.81. The molecule has 0 aliphatic carbocycles. The average molecular weight is 363 g/mol. The zero-order chi connectivity index (χ0) is 18.8. The van der Waals surface area contributed by atoms with Gasteiger partial charge in [0.2, 0.25) is 0 Å². The number of carbonyl (C=O) groups is 1. The van der Waals surface area contributed by atoms with Crippen molar-refractivity contribution in [3.05, 3.63) is 59.4 Å². The number of aromatic nitrogens is 3. The number of hydrogen-bond acceptors (Lipinski definition) is 4. The highest BCUT2D eigenvalue weighted by Gasteiger charge is 2.19. The summed E-state index contributed by atoms with van der Waals surface area (Å²) in [6.07, 6.45) is 3.98. The van der Waals surface area contributed by atoms with Crippen molar-refractivity contribution in [2.45, 2.75) is 39.2 Å². The van der Waals surface area contributed by atoms with E-state index in [-0.39, 0.29) is 5.91 Å². The third kappa shape index (κ3) is 3.65. The normalized spacial score (nSPS) is 14.3. The van der Waals surface area contributed by atoms with Gasteiger partial charge >= 0.3 is 0 Å². The minimum atomic E-state index is 0.140. The van der Waals surface area contributed by atoms with Crippen LogP contribution in [-0.2, 0) is 6.54 Å². The van der Waals surface area contributed by atoms with Gasteiger partial charge in [-0.05, 0) is 36.5 Å². The van der Waals surface area contributed by atoms with E-state index < -0.39 is 0 Å². The van der Waals surface area contributed by atoms with Crippen molar-refractivity contribution in [2.24, 2.45) is 0 Å². The number of fused-ring (bicyclic) bond motifs is 1. The van der Waals surface area contributed by atoms with E-state index in [2.05, 4.69) is 35.3 Å². The van der Waals surface area contributed by atoms with Crippen LogP contribution >= 0.6 is 0 Å². The van der Waals surface area contributed by atoms with E-state index in [1.165, 1.54) is 0 Å². The molecule has 1 aromatic carbocycles. The highest BCUT2D eigenvalue weighted by Crippen LogP contribution is 2.19. The van der Waals surface area contributed by atoms with Crippen LogP contribution in [0, 0.1) is 0 Å². The van der Waals surface area contributed by atoms with Gasteiger partial charge in [0.25, 0.3) is 5.91 Å². The lowest BCUT2D eigenvalue weighted by Crippen LogP contribution is -2.27. The summed E-state index contributed by atoms with van der Waals surface area (Å²) in [5.41, 5.74) is 3.77. The molecule has 0 unspecified atom stereocenters. The Labute approximate surface area is 159 Å². The Kier molecular flexibility index (Phi) is 4.79. The van der Waals surface area contributed by atoms with Crippen LogP contribution in [0.1, 0.15) is 54.2 Å². The third-order valence-corrected chi connectivity index (χ3v) is 5.04. The number of likely N-dealkylation sites (tertiary alicyclic amines) is 1. The van der Waals surface area contributed by atoms with Crippen molar-refractivity contribution in [1.82, 2.24) is 19.5 Å². The minimum absolute atomic E-state index is 0.140. The second-order valence-electron chi connectivity index (χ2n) is 7.37. The molecule has 1 fully saturated rings. The van der Waals surface area contributed by atoms with E-state index >= 15 is 0 Å². The third-order valence-electron chi connectivity index (χ3n) is 5.04. The second kappa shape index (κ2) is 7.39. The van der Waals surface area contributed by atoms with Crippen LogP contribution < -0.4 is 5.32 Å². The Morgan fingerprint density at radius 3 is 2.59 bits per heavy atom. The molecule has 1 amide bonds. The van der Waals surface area contributed by atoms with Crippen LogP contribution in [0.15, 0.2) is 42.6 Å². The summed E-state index contributed by atoms with van der Waals surface area (Å²) in [7, 11) is 0. The van der Waals surface area contributed by atoms with Gasteiger partial charge in [-0.15, -0.1) is 0 Å². The smallest absolute Gasteiger partial charge is 0.253 e. The molecule has 4 rings (SSSR count). The van der Waals surface area contributed by atoms with Crippen LogP contribution in [0.5, 0.6) is 0 Å². The Morgan fingerprint density at radius 1 is 1.15 bits per heavy atom. The molecular weight excluding hydrogens is 338 g/mol. The SMILES string of the molecule is CC(C)c1cc(NCc2ccc(C(=O)N3CCCC3)cc2)n2nccc2n1. The maximum Gasteiger partial charge on any atom is 0.253 e. The number of amides is 1. The number of carbonyl (C=O) groups excluding carboxylic acids is 1. The quantitative estimate of drug-likeness (QED) is 0.751. The summed E-state index contributed by atoms with van der Waals surface area (Å²) >= 11 is 0. The Bertz CT molecular complexity index is 939. The number of hydrogen-bond donors (Lipinski definition) is 1. The lowest BCUT2D eigenvalue weighted by atomic mass is 10.1. The van der Waals surface area contributed by atoms with Gasteiger partial charge in [-0.1, -0.05) is 26.0 Å². The molecule has 6 nitrogen and oxygen atoms in total. The predicted octanol–water partition coefficient (Wildman–Crippen LogP) is 3.70. The van der Waals surface area contributed by atoms with Gasteiger partial charge in [-0.3, -0.25) is 4.79 Å². The van der Waals surface area contributed by atoms with Crippen LogP contribution in [0.3, 0.4) is 0 Å².